The van der Waals surface area contributed by atoms with Crippen LogP contribution in [0, 0.1) is 0 Å². The second kappa shape index (κ2) is 7.05. The van der Waals surface area contributed by atoms with Crippen LogP contribution >= 0.6 is 0 Å². The summed E-state index contributed by atoms with van der Waals surface area (Å²) in [5.74, 6) is 0.111. The third-order valence-electron chi connectivity index (χ3n) is 5.35. The van der Waals surface area contributed by atoms with Gasteiger partial charge in [-0.25, -0.2) is 0 Å². The second-order valence-corrected chi connectivity index (χ2v) is 6.84. The Kier molecular flexibility index (Phi) is 5.04. The van der Waals surface area contributed by atoms with Gasteiger partial charge in [0.2, 0.25) is 5.91 Å². The molecule has 0 N–H and O–H groups in total. The lowest BCUT2D eigenvalue weighted by molar-refractivity contribution is -0.136. The number of likely N-dealkylation sites (tertiary alicyclic amines) is 2. The largest absolute Gasteiger partial charge is 0.435 e. The normalized spacial score (nSPS) is 20.8. The number of piperidine rings is 1. The summed E-state index contributed by atoms with van der Waals surface area (Å²) in [4.78, 5) is 17.2. The van der Waals surface area contributed by atoms with Crippen LogP contribution in [0.25, 0.3) is 0 Å². The van der Waals surface area contributed by atoms with Gasteiger partial charge in [-0.1, -0.05) is 18.2 Å². The first-order valence-electron chi connectivity index (χ1n) is 8.52. The maximum atomic E-state index is 12.9. The molecular weight excluding hydrogens is 314 g/mol. The fourth-order valence-corrected chi connectivity index (χ4v) is 4.00. The van der Waals surface area contributed by atoms with Crippen molar-refractivity contribution >= 4 is 5.91 Å². The minimum absolute atomic E-state index is 0.0161. The van der Waals surface area contributed by atoms with Gasteiger partial charge in [0.05, 0.1) is 6.42 Å². The first kappa shape index (κ1) is 17.1. The van der Waals surface area contributed by atoms with Crippen LogP contribution in [-0.4, -0.2) is 54.5 Å². The molecule has 4 nitrogen and oxygen atoms in total. The molecule has 132 valence electrons. The number of carbonyl (C=O) groups is 1. The monoisotopic (exact) mass is 338 g/mol. The van der Waals surface area contributed by atoms with Crippen LogP contribution in [0.1, 0.15) is 31.2 Å². The van der Waals surface area contributed by atoms with Crippen molar-refractivity contribution in [2.24, 2.45) is 0 Å². The summed E-state index contributed by atoms with van der Waals surface area (Å²) in [6.45, 7) is -0.127. The first-order chi connectivity index (χ1) is 11.5. The highest BCUT2D eigenvalue weighted by Crippen LogP contribution is 2.38. The van der Waals surface area contributed by atoms with Gasteiger partial charge in [-0.3, -0.25) is 4.79 Å². The van der Waals surface area contributed by atoms with Crippen LogP contribution in [0.4, 0.5) is 8.78 Å². The zero-order valence-electron chi connectivity index (χ0n) is 14.0. The Labute approximate surface area is 141 Å². The number of benzene rings is 1. The summed E-state index contributed by atoms with van der Waals surface area (Å²) in [6, 6.07) is 6.56. The molecule has 1 amide bonds. The van der Waals surface area contributed by atoms with Gasteiger partial charge in [0.25, 0.3) is 0 Å². The average Bonchev–Trinajstić information content (AvgIpc) is 2.95. The number of carbonyl (C=O) groups excluding carboxylic acids is 1. The highest BCUT2D eigenvalue weighted by molar-refractivity contribution is 5.80. The maximum Gasteiger partial charge on any atom is 0.387 e. The lowest BCUT2D eigenvalue weighted by atomic mass is 9.85. The van der Waals surface area contributed by atoms with Crippen molar-refractivity contribution in [3.8, 4) is 5.75 Å². The lowest BCUT2D eigenvalue weighted by Gasteiger charge is -2.44. The third-order valence-corrected chi connectivity index (χ3v) is 5.35. The lowest BCUT2D eigenvalue weighted by Crippen LogP contribution is -2.53. The molecule has 2 aliphatic rings. The topological polar surface area (TPSA) is 32.8 Å². The van der Waals surface area contributed by atoms with Gasteiger partial charge in [0, 0.05) is 30.7 Å². The molecule has 1 aromatic carbocycles. The number of para-hydroxylation sites is 1. The molecular formula is C18H24F2N2O2. The predicted molar refractivity (Wildman–Crippen MR) is 87.2 cm³/mol. The molecule has 0 unspecified atom stereocenters. The Morgan fingerprint density at radius 1 is 1.21 bits per heavy atom. The number of rotatable bonds is 4. The van der Waals surface area contributed by atoms with Crippen molar-refractivity contribution in [1.82, 2.24) is 9.80 Å². The Hall–Kier alpha value is -1.69. The van der Waals surface area contributed by atoms with Crippen LogP contribution in [0.5, 0.6) is 5.75 Å². The highest BCUT2D eigenvalue weighted by atomic mass is 19.3. The summed E-state index contributed by atoms with van der Waals surface area (Å²) in [5.41, 5.74) is 0.486. The first-order valence-corrected chi connectivity index (χ1v) is 8.52. The van der Waals surface area contributed by atoms with E-state index in [1.54, 1.807) is 18.2 Å². The molecule has 0 atom stereocenters. The molecule has 2 heterocycles. The SMILES string of the molecule is CN1CCC2(CCCN2C(=O)Cc2ccccc2OC(F)F)CC1. The van der Waals surface area contributed by atoms with E-state index in [0.29, 0.717) is 5.56 Å². The molecule has 0 radical (unpaired) electrons. The fourth-order valence-electron chi connectivity index (χ4n) is 4.00. The summed E-state index contributed by atoms with van der Waals surface area (Å²) in [5, 5.41) is 0. The molecule has 0 aliphatic carbocycles. The van der Waals surface area contributed by atoms with E-state index in [0.717, 1.165) is 45.3 Å². The van der Waals surface area contributed by atoms with Crippen molar-refractivity contribution in [2.75, 3.05) is 26.7 Å². The van der Waals surface area contributed by atoms with E-state index in [4.69, 9.17) is 0 Å². The van der Waals surface area contributed by atoms with Gasteiger partial charge in [0.15, 0.2) is 0 Å². The summed E-state index contributed by atoms with van der Waals surface area (Å²) < 4.78 is 29.6. The number of hydrogen-bond acceptors (Lipinski definition) is 3. The highest BCUT2D eigenvalue weighted by Gasteiger charge is 2.44. The molecule has 0 aromatic heterocycles. The Bertz CT molecular complexity index is 586. The van der Waals surface area contributed by atoms with Crippen LogP contribution < -0.4 is 4.74 Å². The third kappa shape index (κ3) is 3.53. The second-order valence-electron chi connectivity index (χ2n) is 6.84. The van der Waals surface area contributed by atoms with Crippen LogP contribution in [0.2, 0.25) is 0 Å². The summed E-state index contributed by atoms with van der Waals surface area (Å²) in [7, 11) is 2.10. The van der Waals surface area contributed by atoms with Crippen molar-refractivity contribution in [3.63, 3.8) is 0 Å². The Morgan fingerprint density at radius 2 is 1.92 bits per heavy atom. The molecule has 1 aromatic rings. The minimum Gasteiger partial charge on any atom is -0.435 e. The maximum absolute atomic E-state index is 12.9. The van der Waals surface area contributed by atoms with E-state index >= 15 is 0 Å². The van der Waals surface area contributed by atoms with E-state index in [9.17, 15) is 13.6 Å². The molecule has 3 rings (SSSR count). The predicted octanol–water partition coefficient (Wildman–Crippen LogP) is 2.92. The van der Waals surface area contributed by atoms with Gasteiger partial charge in [-0.15, -0.1) is 0 Å². The van der Waals surface area contributed by atoms with Gasteiger partial charge < -0.3 is 14.5 Å². The van der Waals surface area contributed by atoms with E-state index in [2.05, 4.69) is 16.7 Å². The molecule has 2 fully saturated rings. The van der Waals surface area contributed by atoms with Crippen molar-refractivity contribution in [1.29, 1.82) is 0 Å². The van der Waals surface area contributed by atoms with Crippen molar-refractivity contribution in [2.45, 2.75) is 44.3 Å². The molecule has 0 saturated carbocycles. The Morgan fingerprint density at radius 3 is 2.62 bits per heavy atom. The van der Waals surface area contributed by atoms with Gasteiger partial charge in [0.1, 0.15) is 5.75 Å². The summed E-state index contributed by atoms with van der Waals surface area (Å²) in [6.07, 6.45) is 4.15. The molecule has 24 heavy (non-hydrogen) atoms. The molecule has 1 spiro atoms. The fraction of sp³-hybridized carbons (Fsp3) is 0.611. The van der Waals surface area contributed by atoms with E-state index in [-0.39, 0.29) is 23.6 Å². The Balaban J connectivity index is 1.73. The van der Waals surface area contributed by atoms with E-state index in [1.165, 1.54) is 6.07 Å². The standard InChI is InChI=1S/C18H24F2N2O2/c1-21-11-8-18(9-12-21)7-4-10-22(18)16(23)13-14-5-2-3-6-15(14)24-17(19)20/h2-3,5-6,17H,4,7-13H2,1H3. The van der Waals surface area contributed by atoms with Crippen molar-refractivity contribution in [3.05, 3.63) is 29.8 Å². The number of hydrogen-bond donors (Lipinski definition) is 0. The van der Waals surface area contributed by atoms with Gasteiger partial charge in [-0.2, -0.15) is 8.78 Å². The molecule has 2 saturated heterocycles. The average molecular weight is 338 g/mol. The number of ether oxygens (including phenoxy) is 1. The van der Waals surface area contributed by atoms with Crippen LogP contribution in [0.3, 0.4) is 0 Å². The number of nitrogens with zero attached hydrogens (tertiary/aromatic N) is 2. The van der Waals surface area contributed by atoms with E-state index < -0.39 is 6.61 Å². The van der Waals surface area contributed by atoms with Crippen LogP contribution in [-0.2, 0) is 11.2 Å². The van der Waals surface area contributed by atoms with Gasteiger partial charge in [-0.05, 0) is 38.8 Å². The smallest absolute Gasteiger partial charge is 0.387 e. The number of halogens is 2. The summed E-state index contributed by atoms with van der Waals surface area (Å²) >= 11 is 0. The molecule has 0 bridgehead atoms. The zero-order chi connectivity index (χ0) is 17.2. The molecule has 2 aliphatic heterocycles. The van der Waals surface area contributed by atoms with Crippen LogP contribution in [0.15, 0.2) is 24.3 Å². The van der Waals surface area contributed by atoms with E-state index in [1.807, 2.05) is 4.90 Å². The van der Waals surface area contributed by atoms with Gasteiger partial charge >= 0.3 is 6.61 Å². The quantitative estimate of drug-likeness (QED) is 0.846. The molecule has 6 heteroatoms. The number of alkyl halides is 2. The minimum atomic E-state index is -2.88. The van der Waals surface area contributed by atoms with Crippen molar-refractivity contribution < 1.29 is 18.3 Å². The zero-order valence-corrected chi connectivity index (χ0v) is 14.0. The number of amides is 1.